The number of carbonyl (C=O) groups is 2. The number of benzene rings is 2. The molecule has 0 bridgehead atoms. The zero-order chi connectivity index (χ0) is 23.4. The minimum atomic E-state index is -0.330. The first kappa shape index (κ1) is 22.3. The van der Waals surface area contributed by atoms with Crippen molar-refractivity contribution in [3.05, 3.63) is 82.3 Å². The molecule has 33 heavy (non-hydrogen) atoms. The lowest BCUT2D eigenvalue weighted by Crippen LogP contribution is -2.22. The van der Waals surface area contributed by atoms with Crippen LogP contribution < -0.4 is 15.5 Å². The number of ether oxygens (including phenoxy) is 1. The zero-order valence-electron chi connectivity index (χ0n) is 19.0. The lowest BCUT2D eigenvalue weighted by atomic mass is 9.93. The van der Waals surface area contributed by atoms with E-state index in [4.69, 9.17) is 9.15 Å². The largest absolute Gasteiger partial charge is 0.497 e. The molecule has 1 aromatic heterocycles. The van der Waals surface area contributed by atoms with E-state index >= 15 is 0 Å². The number of hydrogen-bond acceptors (Lipinski definition) is 5. The molecule has 0 unspecified atom stereocenters. The molecule has 7 heteroatoms. The quantitative estimate of drug-likeness (QED) is 0.529. The van der Waals surface area contributed by atoms with Crippen molar-refractivity contribution in [1.82, 2.24) is 5.43 Å². The van der Waals surface area contributed by atoms with E-state index in [0.29, 0.717) is 29.1 Å². The van der Waals surface area contributed by atoms with Gasteiger partial charge >= 0.3 is 0 Å². The number of fused-ring (bicyclic) bond motifs is 1. The van der Waals surface area contributed by atoms with Crippen LogP contribution in [0.3, 0.4) is 0 Å². The Labute approximate surface area is 192 Å². The van der Waals surface area contributed by atoms with Crippen molar-refractivity contribution in [1.29, 1.82) is 0 Å². The first-order chi connectivity index (χ1) is 16.0. The molecule has 0 saturated carbocycles. The molecular weight excluding hydrogens is 418 g/mol. The number of hydrogen-bond donors (Lipinski definition) is 2. The van der Waals surface area contributed by atoms with Gasteiger partial charge in [-0.15, -0.1) is 0 Å². The van der Waals surface area contributed by atoms with E-state index in [2.05, 4.69) is 22.8 Å². The number of hydrazone groups is 1. The van der Waals surface area contributed by atoms with Gasteiger partial charge in [-0.1, -0.05) is 25.1 Å². The van der Waals surface area contributed by atoms with Gasteiger partial charge in [-0.25, -0.2) is 5.43 Å². The first-order valence-electron chi connectivity index (χ1n) is 11.0. The highest BCUT2D eigenvalue weighted by molar-refractivity contribution is 6.09. The second-order valence-corrected chi connectivity index (χ2v) is 7.94. The van der Waals surface area contributed by atoms with E-state index in [1.807, 2.05) is 31.2 Å². The Morgan fingerprint density at radius 2 is 1.88 bits per heavy atom. The number of amides is 2. The maximum Gasteiger partial charge on any atom is 0.291 e. The van der Waals surface area contributed by atoms with E-state index in [1.165, 1.54) is 5.56 Å². The normalized spacial score (nSPS) is 14.0. The first-order valence-corrected chi connectivity index (χ1v) is 11.0. The molecule has 170 valence electrons. The Balaban J connectivity index is 1.54. The molecule has 2 N–H and O–H groups in total. The van der Waals surface area contributed by atoms with Crippen molar-refractivity contribution in [2.75, 3.05) is 12.4 Å². The summed E-state index contributed by atoms with van der Waals surface area (Å²) in [6.45, 7) is 3.94. The van der Waals surface area contributed by atoms with Crippen LogP contribution in [-0.4, -0.2) is 24.6 Å². The molecule has 4 rings (SSSR count). The SMILES string of the molecule is CCc1ccc(NC(=O)c2oc3c(c2C)/C(=N/NC(=O)c2cccc(OC)c2)CCC3)cc1. The summed E-state index contributed by atoms with van der Waals surface area (Å²) in [5.74, 6) is 0.961. The van der Waals surface area contributed by atoms with Crippen LogP contribution in [0, 0.1) is 6.92 Å². The summed E-state index contributed by atoms with van der Waals surface area (Å²) >= 11 is 0. The average Bonchev–Trinajstić information content (AvgIpc) is 3.20. The number of nitrogens with zero attached hydrogens (tertiary/aromatic N) is 1. The second-order valence-electron chi connectivity index (χ2n) is 7.94. The van der Waals surface area contributed by atoms with Gasteiger partial charge in [0.2, 0.25) is 0 Å². The van der Waals surface area contributed by atoms with Crippen LogP contribution >= 0.6 is 0 Å². The molecule has 2 aromatic carbocycles. The van der Waals surface area contributed by atoms with Gasteiger partial charge < -0.3 is 14.5 Å². The molecule has 3 aromatic rings. The fourth-order valence-electron chi connectivity index (χ4n) is 3.96. The van der Waals surface area contributed by atoms with E-state index in [-0.39, 0.29) is 17.6 Å². The van der Waals surface area contributed by atoms with Crippen LogP contribution in [0.25, 0.3) is 0 Å². The number of furan rings is 1. The maximum absolute atomic E-state index is 12.9. The molecule has 1 heterocycles. The molecule has 0 spiro atoms. The van der Waals surface area contributed by atoms with E-state index in [1.54, 1.807) is 31.4 Å². The van der Waals surface area contributed by atoms with E-state index in [0.717, 1.165) is 36.1 Å². The molecule has 0 aliphatic heterocycles. The van der Waals surface area contributed by atoms with Crippen molar-refractivity contribution in [3.63, 3.8) is 0 Å². The number of methoxy groups -OCH3 is 1. The highest BCUT2D eigenvalue weighted by Crippen LogP contribution is 2.30. The van der Waals surface area contributed by atoms with E-state index < -0.39 is 0 Å². The lowest BCUT2D eigenvalue weighted by molar-refractivity contribution is 0.0953. The van der Waals surface area contributed by atoms with Gasteiger partial charge in [0.25, 0.3) is 11.8 Å². The standard InChI is InChI=1S/C26H27N3O4/c1-4-17-11-13-19(14-12-17)27-26(31)24-16(2)23-21(9-6-10-22(23)33-24)28-29-25(30)18-7-5-8-20(15-18)32-3/h5,7-8,11-15H,4,6,9-10H2,1-3H3,(H,27,31)(H,29,30)/b28-21+. The third-order valence-electron chi connectivity index (χ3n) is 5.78. The van der Waals surface area contributed by atoms with Gasteiger partial charge in [0, 0.05) is 28.8 Å². The highest BCUT2D eigenvalue weighted by Gasteiger charge is 2.28. The van der Waals surface area contributed by atoms with Gasteiger partial charge in [-0.2, -0.15) is 5.10 Å². The zero-order valence-corrected chi connectivity index (χ0v) is 19.0. The molecule has 0 atom stereocenters. The van der Waals surface area contributed by atoms with Crippen LogP contribution in [0.2, 0.25) is 0 Å². The van der Waals surface area contributed by atoms with E-state index in [9.17, 15) is 9.59 Å². The summed E-state index contributed by atoms with van der Waals surface area (Å²) in [6.07, 6.45) is 3.17. The summed E-state index contributed by atoms with van der Waals surface area (Å²) in [5.41, 5.74) is 7.23. The molecule has 1 aliphatic rings. The molecule has 2 amide bonds. The van der Waals surface area contributed by atoms with Crippen molar-refractivity contribution >= 4 is 23.2 Å². The fraction of sp³-hybridized carbons (Fsp3) is 0.269. The Morgan fingerprint density at radius 1 is 1.09 bits per heavy atom. The van der Waals surface area contributed by atoms with Crippen molar-refractivity contribution < 1.29 is 18.7 Å². The predicted molar refractivity (Wildman–Crippen MR) is 127 cm³/mol. The summed E-state index contributed by atoms with van der Waals surface area (Å²) < 4.78 is 11.1. The smallest absolute Gasteiger partial charge is 0.291 e. The van der Waals surface area contributed by atoms with Crippen LogP contribution in [-0.2, 0) is 12.8 Å². The van der Waals surface area contributed by atoms with Crippen molar-refractivity contribution in [2.45, 2.75) is 39.5 Å². The third-order valence-corrected chi connectivity index (χ3v) is 5.78. The highest BCUT2D eigenvalue weighted by atomic mass is 16.5. The Bertz CT molecular complexity index is 1210. The molecule has 0 fully saturated rings. The number of anilines is 1. The van der Waals surface area contributed by atoms with Crippen molar-refractivity contribution in [3.8, 4) is 5.75 Å². The summed E-state index contributed by atoms with van der Waals surface area (Å²) in [4.78, 5) is 25.5. The van der Waals surface area contributed by atoms with Crippen LogP contribution in [0.5, 0.6) is 5.75 Å². The minimum Gasteiger partial charge on any atom is -0.497 e. The summed E-state index contributed by atoms with van der Waals surface area (Å²) in [5, 5.41) is 7.28. The van der Waals surface area contributed by atoms with Gasteiger partial charge in [0.15, 0.2) is 5.76 Å². The second kappa shape index (κ2) is 9.73. The number of aryl methyl sites for hydroxylation is 2. The summed E-state index contributed by atoms with van der Waals surface area (Å²) in [7, 11) is 1.55. The number of carbonyl (C=O) groups excluding carboxylic acids is 2. The average molecular weight is 446 g/mol. The van der Waals surface area contributed by atoms with Gasteiger partial charge in [-0.05, 0) is 62.1 Å². The van der Waals surface area contributed by atoms with Crippen LogP contribution in [0.15, 0.2) is 58.0 Å². The molecule has 0 radical (unpaired) electrons. The van der Waals surface area contributed by atoms with Crippen molar-refractivity contribution in [2.24, 2.45) is 5.10 Å². The van der Waals surface area contributed by atoms with Gasteiger partial charge in [0.05, 0.1) is 12.8 Å². The Hall–Kier alpha value is -3.87. The Morgan fingerprint density at radius 3 is 2.61 bits per heavy atom. The number of nitrogens with one attached hydrogen (secondary N) is 2. The lowest BCUT2D eigenvalue weighted by Gasteiger charge is -2.13. The predicted octanol–water partition coefficient (Wildman–Crippen LogP) is 4.88. The molecule has 1 aliphatic carbocycles. The third kappa shape index (κ3) is 4.82. The molecule has 0 saturated heterocycles. The van der Waals surface area contributed by atoms with Crippen LogP contribution in [0.1, 0.15) is 63.1 Å². The fourth-order valence-corrected chi connectivity index (χ4v) is 3.96. The Kier molecular flexibility index (Phi) is 6.58. The topological polar surface area (TPSA) is 92.9 Å². The monoisotopic (exact) mass is 445 g/mol. The van der Waals surface area contributed by atoms with Gasteiger partial charge in [0.1, 0.15) is 11.5 Å². The molecule has 7 nitrogen and oxygen atoms in total. The maximum atomic E-state index is 12.9. The molecular formula is C26H27N3O4. The number of rotatable bonds is 6. The van der Waals surface area contributed by atoms with Gasteiger partial charge in [-0.3, -0.25) is 9.59 Å². The summed E-state index contributed by atoms with van der Waals surface area (Å²) in [6, 6.07) is 14.6. The van der Waals surface area contributed by atoms with Crippen LogP contribution in [0.4, 0.5) is 5.69 Å². The minimum absolute atomic E-state index is 0.272.